The fourth-order valence-corrected chi connectivity index (χ4v) is 3.61. The monoisotopic (exact) mass is 415 g/mol. The van der Waals surface area contributed by atoms with Gasteiger partial charge in [0, 0.05) is 24.8 Å². The molecule has 2 amide bonds. The van der Waals surface area contributed by atoms with E-state index in [9.17, 15) is 19.7 Å². The predicted molar refractivity (Wildman–Crippen MR) is 111 cm³/mol. The van der Waals surface area contributed by atoms with Crippen LogP contribution in [-0.2, 0) is 4.74 Å². The Balaban J connectivity index is 1.74. The Morgan fingerprint density at radius 3 is 2.72 bits per heavy atom. The molecule has 1 heterocycles. The Labute approximate surface area is 172 Å². The van der Waals surface area contributed by atoms with Crippen LogP contribution in [0.2, 0.25) is 0 Å². The van der Waals surface area contributed by atoms with E-state index in [1.165, 1.54) is 30.0 Å². The molecular weight excluding hydrogens is 394 g/mol. The second-order valence-electron chi connectivity index (χ2n) is 6.49. The number of hydrogen-bond donors (Lipinski definition) is 2. The van der Waals surface area contributed by atoms with Gasteiger partial charge < -0.3 is 15.4 Å². The van der Waals surface area contributed by atoms with Crippen molar-refractivity contribution in [1.82, 2.24) is 5.32 Å². The summed E-state index contributed by atoms with van der Waals surface area (Å²) in [7, 11) is 0. The van der Waals surface area contributed by atoms with Gasteiger partial charge in [-0.1, -0.05) is 12.1 Å². The first-order valence-corrected chi connectivity index (χ1v) is 10.3. The van der Waals surface area contributed by atoms with E-state index >= 15 is 0 Å². The number of benzene rings is 2. The maximum absolute atomic E-state index is 12.6. The van der Waals surface area contributed by atoms with Crippen LogP contribution < -0.4 is 10.6 Å². The fourth-order valence-electron chi connectivity index (χ4n) is 3.07. The molecule has 0 spiro atoms. The van der Waals surface area contributed by atoms with Gasteiger partial charge in [0.25, 0.3) is 17.5 Å². The zero-order chi connectivity index (χ0) is 20.8. The summed E-state index contributed by atoms with van der Waals surface area (Å²) in [5, 5.41) is 16.7. The Kier molecular flexibility index (Phi) is 6.84. The smallest absolute Gasteiger partial charge is 0.283 e. The van der Waals surface area contributed by atoms with E-state index in [0.29, 0.717) is 29.3 Å². The van der Waals surface area contributed by atoms with Gasteiger partial charge in [0.2, 0.25) is 0 Å². The van der Waals surface area contributed by atoms with Crippen molar-refractivity contribution in [1.29, 1.82) is 0 Å². The topological polar surface area (TPSA) is 111 Å². The molecule has 2 N–H and O–H groups in total. The summed E-state index contributed by atoms with van der Waals surface area (Å²) in [4.78, 5) is 36.4. The molecule has 0 saturated carbocycles. The molecule has 0 radical (unpaired) electrons. The fraction of sp³-hybridized carbons (Fsp3) is 0.300. The highest BCUT2D eigenvalue weighted by molar-refractivity contribution is 7.98. The lowest BCUT2D eigenvalue weighted by molar-refractivity contribution is -0.387. The highest BCUT2D eigenvalue weighted by Gasteiger charge is 2.20. The number of nitro groups is 1. The Bertz CT molecular complexity index is 928. The minimum absolute atomic E-state index is 0.0104. The molecule has 9 heteroatoms. The van der Waals surface area contributed by atoms with Gasteiger partial charge in [0.05, 0.1) is 27.2 Å². The number of amides is 2. The summed E-state index contributed by atoms with van der Waals surface area (Å²) >= 11 is 1.23. The maximum Gasteiger partial charge on any atom is 0.283 e. The molecule has 1 fully saturated rings. The third-order valence-corrected chi connectivity index (χ3v) is 5.36. The predicted octanol–water partition coefficient (Wildman–Crippen LogP) is 3.48. The second kappa shape index (κ2) is 9.53. The van der Waals surface area contributed by atoms with Crippen LogP contribution in [0.4, 0.5) is 11.4 Å². The highest BCUT2D eigenvalue weighted by Crippen LogP contribution is 2.28. The van der Waals surface area contributed by atoms with Gasteiger partial charge in [-0.25, -0.2) is 0 Å². The van der Waals surface area contributed by atoms with E-state index in [4.69, 9.17) is 4.74 Å². The van der Waals surface area contributed by atoms with Crippen LogP contribution >= 0.6 is 11.8 Å². The SMILES string of the molecule is CSc1ccc(C(=O)Nc2ccccc2C(=O)NCC2CCCO2)cc1[N+](=O)[O-]. The van der Waals surface area contributed by atoms with Crippen LogP contribution in [0.5, 0.6) is 0 Å². The molecule has 1 saturated heterocycles. The normalized spacial score (nSPS) is 15.7. The number of carbonyl (C=O) groups excluding carboxylic acids is 2. The lowest BCUT2D eigenvalue weighted by Gasteiger charge is -2.14. The minimum Gasteiger partial charge on any atom is -0.376 e. The zero-order valence-electron chi connectivity index (χ0n) is 15.8. The number of nitrogens with one attached hydrogen (secondary N) is 2. The van der Waals surface area contributed by atoms with Crippen molar-refractivity contribution in [3.8, 4) is 0 Å². The van der Waals surface area contributed by atoms with Crippen molar-refractivity contribution in [2.24, 2.45) is 0 Å². The molecule has 1 aliphatic rings. The molecule has 2 aromatic carbocycles. The summed E-state index contributed by atoms with van der Waals surface area (Å²) in [5.41, 5.74) is 0.657. The van der Waals surface area contributed by atoms with Crippen molar-refractivity contribution < 1.29 is 19.2 Å². The van der Waals surface area contributed by atoms with Crippen LogP contribution in [0.3, 0.4) is 0 Å². The third-order valence-electron chi connectivity index (χ3n) is 4.57. The van der Waals surface area contributed by atoms with Gasteiger partial charge >= 0.3 is 0 Å². The lowest BCUT2D eigenvalue weighted by atomic mass is 10.1. The average Bonchev–Trinajstić information content (AvgIpc) is 3.25. The van der Waals surface area contributed by atoms with E-state index in [1.54, 1.807) is 30.5 Å². The number of nitrogens with zero attached hydrogens (tertiary/aromatic N) is 1. The molecule has 1 atom stereocenters. The van der Waals surface area contributed by atoms with Gasteiger partial charge in [-0.3, -0.25) is 19.7 Å². The second-order valence-corrected chi connectivity index (χ2v) is 7.34. The van der Waals surface area contributed by atoms with E-state index in [1.807, 2.05) is 0 Å². The van der Waals surface area contributed by atoms with Crippen LogP contribution in [0, 0.1) is 10.1 Å². The van der Waals surface area contributed by atoms with Crippen molar-refractivity contribution in [2.45, 2.75) is 23.8 Å². The molecular formula is C20H21N3O5S. The number of ether oxygens (including phenoxy) is 1. The summed E-state index contributed by atoms with van der Waals surface area (Å²) in [6.07, 6.45) is 3.63. The van der Waals surface area contributed by atoms with Crippen LogP contribution in [0.15, 0.2) is 47.4 Å². The maximum atomic E-state index is 12.6. The van der Waals surface area contributed by atoms with Crippen LogP contribution in [0.25, 0.3) is 0 Å². The molecule has 3 rings (SSSR count). The number of hydrogen-bond acceptors (Lipinski definition) is 6. The minimum atomic E-state index is -0.528. The molecule has 8 nitrogen and oxygen atoms in total. The standard InChI is InChI=1S/C20H21N3O5S/c1-29-18-9-8-13(11-17(18)23(26)27)19(24)22-16-7-3-2-6-15(16)20(25)21-12-14-5-4-10-28-14/h2-3,6-9,11,14H,4-5,10,12H2,1H3,(H,21,25)(H,22,24). The number of nitro benzene ring substituents is 1. The highest BCUT2D eigenvalue weighted by atomic mass is 32.2. The molecule has 152 valence electrons. The average molecular weight is 415 g/mol. The van der Waals surface area contributed by atoms with Gasteiger partial charge in [-0.05, 0) is 43.4 Å². The summed E-state index contributed by atoms with van der Waals surface area (Å²) < 4.78 is 5.50. The molecule has 29 heavy (non-hydrogen) atoms. The molecule has 0 aliphatic carbocycles. The number of para-hydroxylation sites is 1. The van der Waals surface area contributed by atoms with E-state index in [-0.39, 0.29) is 23.3 Å². The van der Waals surface area contributed by atoms with Gasteiger partial charge in [0.15, 0.2) is 0 Å². The zero-order valence-corrected chi connectivity index (χ0v) is 16.7. The first-order valence-electron chi connectivity index (χ1n) is 9.12. The van der Waals surface area contributed by atoms with Gasteiger partial charge in [-0.2, -0.15) is 0 Å². The Hall–Kier alpha value is -2.91. The number of thioether (sulfide) groups is 1. The van der Waals surface area contributed by atoms with E-state index in [2.05, 4.69) is 10.6 Å². The van der Waals surface area contributed by atoms with Crippen molar-refractivity contribution in [2.75, 3.05) is 24.7 Å². The molecule has 0 aromatic heterocycles. The third kappa shape index (κ3) is 5.12. The first-order chi connectivity index (χ1) is 14.0. The van der Waals surface area contributed by atoms with Gasteiger partial charge in [-0.15, -0.1) is 11.8 Å². The Morgan fingerprint density at radius 2 is 2.03 bits per heavy atom. The molecule has 1 unspecified atom stereocenters. The number of carbonyl (C=O) groups is 2. The largest absolute Gasteiger partial charge is 0.376 e. The lowest BCUT2D eigenvalue weighted by Crippen LogP contribution is -2.32. The number of anilines is 1. The van der Waals surface area contributed by atoms with Crippen molar-refractivity contribution in [3.63, 3.8) is 0 Å². The van der Waals surface area contributed by atoms with Crippen molar-refractivity contribution >= 4 is 35.0 Å². The number of rotatable bonds is 7. The van der Waals surface area contributed by atoms with E-state index < -0.39 is 10.8 Å². The summed E-state index contributed by atoms with van der Waals surface area (Å²) in [6, 6.07) is 10.9. The van der Waals surface area contributed by atoms with Crippen LogP contribution in [-0.4, -0.2) is 42.2 Å². The quantitative estimate of drug-likeness (QED) is 0.407. The molecule has 1 aliphatic heterocycles. The summed E-state index contributed by atoms with van der Waals surface area (Å²) in [6.45, 7) is 1.11. The van der Waals surface area contributed by atoms with E-state index in [0.717, 1.165) is 12.8 Å². The van der Waals surface area contributed by atoms with Crippen molar-refractivity contribution in [3.05, 3.63) is 63.7 Å². The summed E-state index contributed by atoms with van der Waals surface area (Å²) in [5.74, 6) is -0.847. The van der Waals surface area contributed by atoms with Crippen LogP contribution in [0.1, 0.15) is 33.6 Å². The van der Waals surface area contributed by atoms with Gasteiger partial charge in [0.1, 0.15) is 0 Å². The molecule has 2 aromatic rings. The Morgan fingerprint density at radius 1 is 1.24 bits per heavy atom. The first kappa shape index (κ1) is 20.8. The molecule has 0 bridgehead atoms.